The van der Waals surface area contributed by atoms with E-state index < -0.39 is 42.1 Å². The highest BCUT2D eigenvalue weighted by molar-refractivity contribution is 5.98. The van der Waals surface area contributed by atoms with Gasteiger partial charge in [0.25, 0.3) is 5.91 Å². The molecule has 0 aliphatic carbocycles. The topological polar surface area (TPSA) is 128 Å². The minimum Gasteiger partial charge on any atom is -0.467 e. The largest absolute Gasteiger partial charge is 0.467 e. The standard InChI is InChI=1S/C18H26N2O6/c1-10-8-11(14(19)17(24)26-18(2,3)4)6-7-12(10)15(22)20-13(9-21)16(23)25-5/h6-8,13-14,21H,9,19H2,1-5H3,(H,20,22). The second kappa shape index (κ2) is 8.77. The molecular weight excluding hydrogens is 340 g/mol. The molecule has 1 aromatic carbocycles. The normalized spacial score (nSPS) is 13.5. The fourth-order valence-corrected chi connectivity index (χ4v) is 2.19. The Balaban J connectivity index is 2.94. The van der Waals surface area contributed by atoms with E-state index in [-0.39, 0.29) is 5.56 Å². The van der Waals surface area contributed by atoms with Gasteiger partial charge in [-0.1, -0.05) is 12.1 Å². The van der Waals surface area contributed by atoms with Gasteiger partial charge in [0.2, 0.25) is 0 Å². The number of esters is 2. The first kappa shape index (κ1) is 21.6. The van der Waals surface area contributed by atoms with Crippen molar-refractivity contribution in [2.24, 2.45) is 5.73 Å². The number of rotatable bonds is 6. The number of carbonyl (C=O) groups excluding carboxylic acids is 3. The quantitative estimate of drug-likeness (QED) is 0.629. The average Bonchev–Trinajstić information content (AvgIpc) is 2.56. The van der Waals surface area contributed by atoms with Crippen LogP contribution in [0, 0.1) is 6.92 Å². The van der Waals surface area contributed by atoms with E-state index in [4.69, 9.17) is 10.5 Å². The minimum absolute atomic E-state index is 0.285. The molecule has 26 heavy (non-hydrogen) atoms. The number of benzene rings is 1. The summed E-state index contributed by atoms with van der Waals surface area (Å²) in [4.78, 5) is 35.8. The van der Waals surface area contributed by atoms with Crippen LogP contribution >= 0.6 is 0 Å². The molecule has 0 aliphatic heterocycles. The summed E-state index contributed by atoms with van der Waals surface area (Å²) in [5.41, 5.74) is 6.62. The summed E-state index contributed by atoms with van der Waals surface area (Å²) in [5.74, 6) is -1.87. The SMILES string of the molecule is COC(=O)C(CO)NC(=O)c1ccc(C(N)C(=O)OC(C)(C)C)cc1C. The van der Waals surface area contributed by atoms with E-state index in [1.807, 2.05) is 0 Å². The summed E-state index contributed by atoms with van der Waals surface area (Å²) in [6.45, 7) is 6.32. The molecule has 4 N–H and O–H groups in total. The van der Waals surface area contributed by atoms with Crippen LogP contribution < -0.4 is 11.1 Å². The van der Waals surface area contributed by atoms with Crippen LogP contribution in [0.3, 0.4) is 0 Å². The van der Waals surface area contributed by atoms with Crippen LogP contribution in [0.2, 0.25) is 0 Å². The number of carbonyl (C=O) groups is 3. The summed E-state index contributed by atoms with van der Waals surface area (Å²) in [6.07, 6.45) is 0. The van der Waals surface area contributed by atoms with E-state index in [9.17, 15) is 19.5 Å². The second-order valence-corrected chi connectivity index (χ2v) is 6.82. The predicted molar refractivity (Wildman–Crippen MR) is 94.3 cm³/mol. The monoisotopic (exact) mass is 366 g/mol. The lowest BCUT2D eigenvalue weighted by Crippen LogP contribution is -2.44. The van der Waals surface area contributed by atoms with Crippen molar-refractivity contribution in [2.75, 3.05) is 13.7 Å². The number of aryl methyl sites for hydroxylation is 1. The van der Waals surface area contributed by atoms with E-state index in [2.05, 4.69) is 10.1 Å². The van der Waals surface area contributed by atoms with Gasteiger partial charge in [0.15, 0.2) is 6.04 Å². The van der Waals surface area contributed by atoms with Gasteiger partial charge in [-0.3, -0.25) is 4.79 Å². The number of nitrogens with one attached hydrogen (secondary N) is 1. The van der Waals surface area contributed by atoms with Gasteiger partial charge in [0.05, 0.1) is 13.7 Å². The summed E-state index contributed by atoms with van der Waals surface area (Å²) >= 11 is 0. The van der Waals surface area contributed by atoms with Gasteiger partial charge < -0.3 is 25.6 Å². The molecule has 8 nitrogen and oxygen atoms in total. The molecular formula is C18H26N2O6. The lowest BCUT2D eigenvalue weighted by atomic mass is 10.00. The van der Waals surface area contributed by atoms with Crippen molar-refractivity contribution in [1.29, 1.82) is 0 Å². The number of methoxy groups -OCH3 is 1. The lowest BCUT2D eigenvalue weighted by Gasteiger charge is -2.22. The van der Waals surface area contributed by atoms with Crippen LogP contribution in [0.15, 0.2) is 18.2 Å². The molecule has 0 fully saturated rings. The summed E-state index contributed by atoms with van der Waals surface area (Å²) in [5, 5.41) is 11.6. The first-order valence-corrected chi connectivity index (χ1v) is 8.08. The maximum absolute atomic E-state index is 12.3. The molecule has 1 aromatic rings. The number of ether oxygens (including phenoxy) is 2. The third-order valence-corrected chi connectivity index (χ3v) is 3.49. The van der Waals surface area contributed by atoms with Crippen molar-refractivity contribution in [3.8, 4) is 0 Å². The highest BCUT2D eigenvalue weighted by Crippen LogP contribution is 2.20. The molecule has 0 heterocycles. The van der Waals surface area contributed by atoms with Gasteiger partial charge in [-0.2, -0.15) is 0 Å². The lowest BCUT2D eigenvalue weighted by molar-refractivity contribution is -0.156. The van der Waals surface area contributed by atoms with Gasteiger partial charge in [-0.15, -0.1) is 0 Å². The maximum atomic E-state index is 12.3. The zero-order chi connectivity index (χ0) is 20.1. The molecule has 2 atom stereocenters. The van der Waals surface area contributed by atoms with Crippen LogP contribution in [0.4, 0.5) is 0 Å². The Morgan fingerprint density at radius 3 is 2.31 bits per heavy atom. The third-order valence-electron chi connectivity index (χ3n) is 3.49. The molecule has 0 saturated carbocycles. The smallest absolute Gasteiger partial charge is 0.330 e. The van der Waals surface area contributed by atoms with Crippen molar-refractivity contribution >= 4 is 17.8 Å². The van der Waals surface area contributed by atoms with Gasteiger partial charge in [-0.05, 0) is 44.9 Å². The number of aliphatic hydroxyl groups is 1. The Hall–Kier alpha value is -2.45. The van der Waals surface area contributed by atoms with Crippen molar-refractivity contribution < 1.29 is 29.0 Å². The second-order valence-electron chi connectivity index (χ2n) is 6.82. The Morgan fingerprint density at radius 2 is 1.85 bits per heavy atom. The van der Waals surface area contributed by atoms with E-state index in [0.717, 1.165) is 7.11 Å². The Bertz CT molecular complexity index is 681. The fourth-order valence-electron chi connectivity index (χ4n) is 2.19. The number of hydrogen-bond acceptors (Lipinski definition) is 7. The Labute approximate surface area is 152 Å². The van der Waals surface area contributed by atoms with Gasteiger partial charge >= 0.3 is 11.9 Å². The molecule has 0 aliphatic rings. The zero-order valence-electron chi connectivity index (χ0n) is 15.7. The Kier molecular flexibility index (Phi) is 7.29. The molecule has 0 aromatic heterocycles. The summed E-state index contributed by atoms with van der Waals surface area (Å²) in [6, 6.07) is 2.51. The predicted octanol–water partition coefficient (Wildman–Crippen LogP) is 0.600. The highest BCUT2D eigenvalue weighted by Gasteiger charge is 2.25. The van der Waals surface area contributed by atoms with Crippen LogP contribution in [-0.2, 0) is 19.1 Å². The van der Waals surface area contributed by atoms with Crippen LogP contribution in [0.25, 0.3) is 0 Å². The Morgan fingerprint density at radius 1 is 1.23 bits per heavy atom. The number of amides is 1. The number of hydrogen-bond donors (Lipinski definition) is 3. The minimum atomic E-state index is -1.16. The van der Waals surface area contributed by atoms with Crippen LogP contribution in [-0.4, -0.2) is 48.3 Å². The van der Waals surface area contributed by atoms with Crippen molar-refractivity contribution in [3.05, 3.63) is 34.9 Å². The fraction of sp³-hybridized carbons (Fsp3) is 0.500. The molecule has 1 amide bonds. The molecule has 0 bridgehead atoms. The molecule has 0 radical (unpaired) electrons. The van der Waals surface area contributed by atoms with Crippen molar-refractivity contribution in [1.82, 2.24) is 5.32 Å². The zero-order valence-corrected chi connectivity index (χ0v) is 15.7. The number of nitrogens with two attached hydrogens (primary N) is 1. The third kappa shape index (κ3) is 5.82. The highest BCUT2D eigenvalue weighted by atomic mass is 16.6. The van der Waals surface area contributed by atoms with Crippen LogP contribution in [0.1, 0.15) is 48.3 Å². The molecule has 8 heteroatoms. The van der Waals surface area contributed by atoms with E-state index in [1.54, 1.807) is 39.8 Å². The maximum Gasteiger partial charge on any atom is 0.330 e. The number of aliphatic hydroxyl groups excluding tert-OH is 1. The van der Waals surface area contributed by atoms with Crippen molar-refractivity contribution in [2.45, 2.75) is 45.4 Å². The van der Waals surface area contributed by atoms with Gasteiger partial charge in [0.1, 0.15) is 11.6 Å². The van der Waals surface area contributed by atoms with Gasteiger partial charge in [-0.25, -0.2) is 9.59 Å². The molecule has 1 rings (SSSR count). The van der Waals surface area contributed by atoms with E-state index in [1.165, 1.54) is 6.07 Å². The molecule has 0 saturated heterocycles. The van der Waals surface area contributed by atoms with Gasteiger partial charge in [0, 0.05) is 5.56 Å². The molecule has 2 unspecified atom stereocenters. The van der Waals surface area contributed by atoms with E-state index >= 15 is 0 Å². The van der Waals surface area contributed by atoms with E-state index in [0.29, 0.717) is 11.1 Å². The van der Waals surface area contributed by atoms with Crippen LogP contribution in [0.5, 0.6) is 0 Å². The molecule has 144 valence electrons. The summed E-state index contributed by atoms with van der Waals surface area (Å²) in [7, 11) is 1.16. The first-order chi connectivity index (χ1) is 12.0. The molecule has 0 spiro atoms. The first-order valence-electron chi connectivity index (χ1n) is 8.08. The van der Waals surface area contributed by atoms with Crippen molar-refractivity contribution in [3.63, 3.8) is 0 Å². The average molecular weight is 366 g/mol. The summed E-state index contributed by atoms with van der Waals surface area (Å²) < 4.78 is 9.76.